The number of nitrogens with zero attached hydrogens (tertiary/aromatic N) is 3. The molecule has 0 radical (unpaired) electrons. The van der Waals surface area contributed by atoms with E-state index >= 15 is 0 Å². The number of nitrogens with one attached hydrogen (secondary N) is 3. The van der Waals surface area contributed by atoms with Crippen molar-refractivity contribution in [3.63, 3.8) is 0 Å². The third-order valence-corrected chi connectivity index (χ3v) is 4.16. The van der Waals surface area contributed by atoms with E-state index in [1.165, 1.54) is 0 Å². The van der Waals surface area contributed by atoms with E-state index in [-0.39, 0.29) is 29.9 Å². The van der Waals surface area contributed by atoms with Crippen molar-refractivity contribution in [2.45, 2.75) is 19.4 Å². The Kier molecular flexibility index (Phi) is 11.7. The minimum Gasteiger partial charge on any atom is -0.370 e. The highest BCUT2D eigenvalue weighted by molar-refractivity contribution is 14.0. The Bertz CT molecular complexity index is 750. The van der Waals surface area contributed by atoms with Gasteiger partial charge in [0.15, 0.2) is 5.96 Å². The monoisotopic (exact) mass is 510 g/mol. The molecule has 0 fully saturated rings. The van der Waals surface area contributed by atoms with Crippen LogP contribution in [0.5, 0.6) is 0 Å². The number of aliphatic imine (C=N–C) groups is 1. The highest BCUT2D eigenvalue weighted by Gasteiger charge is 2.07. The zero-order chi connectivity index (χ0) is 20.2. The maximum absolute atomic E-state index is 11.9. The number of amides is 1. The molecule has 7 nitrogen and oxygen atoms in total. The predicted molar refractivity (Wildman–Crippen MR) is 130 cm³/mol. The molecule has 0 spiro atoms. The summed E-state index contributed by atoms with van der Waals surface area (Å²) >= 11 is 0. The summed E-state index contributed by atoms with van der Waals surface area (Å²) in [7, 11) is 5.26. The molecule has 0 aliphatic rings. The van der Waals surface area contributed by atoms with E-state index in [1.54, 1.807) is 32.2 Å². The smallest absolute Gasteiger partial charge is 0.253 e. The number of guanidine groups is 1. The van der Waals surface area contributed by atoms with Crippen molar-refractivity contribution in [3.8, 4) is 0 Å². The van der Waals surface area contributed by atoms with Gasteiger partial charge in [0, 0.05) is 52.5 Å². The Hall–Kier alpha value is -2.36. The molecule has 0 saturated carbocycles. The van der Waals surface area contributed by atoms with Crippen molar-refractivity contribution in [1.82, 2.24) is 20.5 Å². The molecule has 8 heteroatoms. The van der Waals surface area contributed by atoms with E-state index in [0.29, 0.717) is 12.1 Å². The van der Waals surface area contributed by atoms with Crippen molar-refractivity contribution < 1.29 is 4.79 Å². The van der Waals surface area contributed by atoms with Crippen LogP contribution < -0.4 is 16.0 Å². The van der Waals surface area contributed by atoms with Crippen LogP contribution in [-0.4, -0.2) is 56.0 Å². The first kappa shape index (κ1) is 24.7. The van der Waals surface area contributed by atoms with Gasteiger partial charge in [-0.1, -0.05) is 18.2 Å². The molecule has 3 N–H and O–H groups in total. The van der Waals surface area contributed by atoms with Crippen molar-refractivity contribution >= 4 is 41.7 Å². The molecule has 0 atom stereocenters. The summed E-state index contributed by atoms with van der Waals surface area (Å²) in [6.07, 6.45) is 3.86. The first-order chi connectivity index (χ1) is 13.6. The van der Waals surface area contributed by atoms with Crippen LogP contribution in [0, 0.1) is 0 Å². The first-order valence-corrected chi connectivity index (χ1v) is 9.50. The SMILES string of the molecule is CN=C(NCCCCNc1ccccn1)NCc1ccc(C(=O)N(C)C)cc1.I. The molecule has 0 unspecified atom stereocenters. The minimum atomic E-state index is 0. The molecule has 2 aromatic rings. The molecule has 1 heterocycles. The molecule has 29 heavy (non-hydrogen) atoms. The molecule has 1 amide bonds. The summed E-state index contributed by atoms with van der Waals surface area (Å²) in [5, 5.41) is 9.91. The zero-order valence-electron chi connectivity index (χ0n) is 17.3. The fourth-order valence-corrected chi connectivity index (χ4v) is 2.57. The number of halogens is 1. The average Bonchev–Trinajstić information content (AvgIpc) is 2.73. The fraction of sp³-hybridized carbons (Fsp3) is 0.381. The molecule has 158 valence electrons. The van der Waals surface area contributed by atoms with Crippen molar-refractivity contribution in [2.75, 3.05) is 39.5 Å². The van der Waals surface area contributed by atoms with Crippen molar-refractivity contribution in [2.24, 2.45) is 4.99 Å². The largest absolute Gasteiger partial charge is 0.370 e. The third-order valence-electron chi connectivity index (χ3n) is 4.16. The number of pyridine rings is 1. The Morgan fingerprint density at radius 1 is 1.03 bits per heavy atom. The van der Waals surface area contributed by atoms with Gasteiger partial charge in [0.1, 0.15) is 5.82 Å². The van der Waals surface area contributed by atoms with Gasteiger partial charge in [-0.05, 0) is 42.7 Å². The number of carbonyl (C=O) groups excluding carboxylic acids is 1. The maximum Gasteiger partial charge on any atom is 0.253 e. The maximum atomic E-state index is 11.9. The van der Waals surface area contributed by atoms with Gasteiger partial charge < -0.3 is 20.9 Å². The molecule has 0 saturated heterocycles. The first-order valence-electron chi connectivity index (χ1n) is 9.50. The highest BCUT2D eigenvalue weighted by Crippen LogP contribution is 2.06. The summed E-state index contributed by atoms with van der Waals surface area (Å²) in [6, 6.07) is 13.5. The topological polar surface area (TPSA) is 81.6 Å². The Labute approximate surface area is 190 Å². The van der Waals surface area contributed by atoms with Crippen molar-refractivity contribution in [1.29, 1.82) is 0 Å². The zero-order valence-corrected chi connectivity index (χ0v) is 19.6. The number of hydrogen-bond acceptors (Lipinski definition) is 4. The predicted octanol–water partition coefficient (Wildman–Crippen LogP) is 2.96. The lowest BCUT2D eigenvalue weighted by Crippen LogP contribution is -2.37. The van der Waals surface area contributed by atoms with E-state index in [0.717, 1.165) is 43.3 Å². The van der Waals surface area contributed by atoms with Crippen LogP contribution in [0.4, 0.5) is 5.82 Å². The van der Waals surface area contributed by atoms with Crippen molar-refractivity contribution in [3.05, 3.63) is 59.8 Å². The molecule has 1 aromatic heterocycles. The van der Waals surface area contributed by atoms with Gasteiger partial charge in [-0.25, -0.2) is 4.98 Å². The Balaban J connectivity index is 0.00000420. The molecule has 2 rings (SSSR count). The molecule has 0 bridgehead atoms. The van der Waals surface area contributed by atoms with Crippen LogP contribution in [0.1, 0.15) is 28.8 Å². The molecule has 0 aliphatic carbocycles. The lowest BCUT2D eigenvalue weighted by molar-refractivity contribution is 0.0827. The Morgan fingerprint density at radius 2 is 1.76 bits per heavy atom. The van der Waals surface area contributed by atoms with Gasteiger partial charge in [-0.2, -0.15) is 0 Å². The number of carbonyl (C=O) groups is 1. The molecular weight excluding hydrogens is 479 g/mol. The summed E-state index contributed by atoms with van der Waals surface area (Å²) < 4.78 is 0. The number of aromatic nitrogens is 1. The number of benzene rings is 1. The highest BCUT2D eigenvalue weighted by atomic mass is 127. The van der Waals surface area contributed by atoms with Crippen LogP contribution in [0.15, 0.2) is 53.7 Å². The molecule has 1 aromatic carbocycles. The second kappa shape index (κ2) is 13.8. The van der Waals surface area contributed by atoms with E-state index in [4.69, 9.17) is 0 Å². The van der Waals surface area contributed by atoms with E-state index in [9.17, 15) is 4.79 Å². The summed E-state index contributed by atoms with van der Waals surface area (Å²) in [6.45, 7) is 2.39. The summed E-state index contributed by atoms with van der Waals surface area (Å²) in [4.78, 5) is 22.0. The quantitative estimate of drug-likeness (QED) is 0.209. The summed E-state index contributed by atoms with van der Waals surface area (Å²) in [5.41, 5.74) is 1.79. The third kappa shape index (κ3) is 9.12. The minimum absolute atomic E-state index is 0. The second-order valence-corrected chi connectivity index (χ2v) is 6.60. The van der Waals surface area contributed by atoms with Gasteiger partial charge in [0.25, 0.3) is 5.91 Å². The normalized spacial score (nSPS) is 10.7. The number of rotatable bonds is 9. The molecule has 0 aliphatic heterocycles. The number of hydrogen-bond donors (Lipinski definition) is 3. The van der Waals surface area contributed by atoms with E-state index in [1.807, 2.05) is 42.5 Å². The van der Waals surface area contributed by atoms with E-state index in [2.05, 4.69) is 25.9 Å². The Morgan fingerprint density at radius 3 is 2.38 bits per heavy atom. The van der Waals surface area contributed by atoms with Crippen LogP contribution in [0.2, 0.25) is 0 Å². The number of anilines is 1. The standard InChI is InChI=1S/C21H30N6O.HI/c1-22-21(25-15-7-6-14-24-19-8-4-5-13-23-19)26-16-17-9-11-18(12-10-17)20(28)27(2)3;/h4-5,8-13H,6-7,14-16H2,1-3H3,(H,23,24)(H2,22,25,26);1H. The lowest BCUT2D eigenvalue weighted by Gasteiger charge is -2.13. The van der Waals surface area contributed by atoms with Crippen LogP contribution >= 0.6 is 24.0 Å². The van der Waals surface area contributed by atoms with Gasteiger partial charge in [0.2, 0.25) is 0 Å². The van der Waals surface area contributed by atoms with Gasteiger partial charge >= 0.3 is 0 Å². The molecular formula is C21H31IN6O. The lowest BCUT2D eigenvalue weighted by atomic mass is 10.1. The van der Waals surface area contributed by atoms with Gasteiger partial charge in [-0.15, -0.1) is 24.0 Å². The van der Waals surface area contributed by atoms with Crippen LogP contribution in [0.3, 0.4) is 0 Å². The van der Waals surface area contributed by atoms with Gasteiger partial charge in [0.05, 0.1) is 0 Å². The summed E-state index contributed by atoms with van der Waals surface area (Å²) in [5.74, 6) is 1.69. The van der Waals surface area contributed by atoms with E-state index < -0.39 is 0 Å². The van der Waals surface area contributed by atoms with Crippen LogP contribution in [-0.2, 0) is 6.54 Å². The van der Waals surface area contributed by atoms with Crippen LogP contribution in [0.25, 0.3) is 0 Å². The average molecular weight is 510 g/mol. The number of unbranched alkanes of at least 4 members (excludes halogenated alkanes) is 1. The fourth-order valence-electron chi connectivity index (χ4n) is 2.57. The second-order valence-electron chi connectivity index (χ2n) is 6.60. The van der Waals surface area contributed by atoms with Gasteiger partial charge in [-0.3, -0.25) is 9.79 Å².